The number of alkyl halides is 5. The lowest BCUT2D eigenvalue weighted by atomic mass is 9.99. The minimum atomic E-state index is -4.82. The third-order valence-corrected chi connectivity index (χ3v) is 7.07. The van der Waals surface area contributed by atoms with Crippen molar-refractivity contribution < 1.29 is 40.1 Å². The SMILES string of the molecule is N[C@H]1CC(F)(F)c2cc(F)c(-c3nnc(N4CCCC4)o3)cc2N(Cc2ccc(-c3noc(C(F)(F)F)n3)cc2)C1=O. The fourth-order valence-corrected chi connectivity index (χ4v) is 4.96. The first-order valence-corrected chi connectivity index (χ1v) is 12.8. The highest BCUT2D eigenvalue weighted by Crippen LogP contribution is 2.45. The number of halogens is 6. The van der Waals surface area contributed by atoms with Crippen molar-refractivity contribution in [3.05, 3.63) is 59.2 Å². The number of hydrogen-bond acceptors (Lipinski definition) is 9. The zero-order valence-corrected chi connectivity index (χ0v) is 21.5. The number of nitrogens with two attached hydrogens (primary N) is 1. The van der Waals surface area contributed by atoms with E-state index in [2.05, 4.69) is 24.9 Å². The molecule has 1 saturated heterocycles. The third-order valence-electron chi connectivity index (χ3n) is 7.07. The molecule has 4 heterocycles. The Balaban J connectivity index is 1.35. The highest BCUT2D eigenvalue weighted by atomic mass is 19.4. The molecule has 2 aliphatic heterocycles. The minimum Gasteiger partial charge on any atom is -0.403 e. The van der Waals surface area contributed by atoms with Gasteiger partial charge in [-0.15, -0.1) is 5.10 Å². The summed E-state index contributed by atoms with van der Waals surface area (Å²) >= 11 is 0. The molecule has 0 aliphatic carbocycles. The molecule has 2 aromatic heterocycles. The van der Waals surface area contributed by atoms with Gasteiger partial charge in [0.2, 0.25) is 11.7 Å². The Morgan fingerprint density at radius 1 is 1.07 bits per heavy atom. The molecular weight excluding hydrogens is 572 g/mol. The molecule has 2 N–H and O–H groups in total. The molecule has 2 aromatic carbocycles. The second kappa shape index (κ2) is 10.1. The number of carbonyl (C=O) groups excluding carboxylic acids is 1. The summed E-state index contributed by atoms with van der Waals surface area (Å²) in [6.07, 6.45) is -4.03. The summed E-state index contributed by atoms with van der Waals surface area (Å²) in [5.74, 6) is -7.61. The largest absolute Gasteiger partial charge is 0.471 e. The van der Waals surface area contributed by atoms with Crippen LogP contribution in [0.3, 0.4) is 0 Å². The van der Waals surface area contributed by atoms with Gasteiger partial charge >= 0.3 is 18.1 Å². The van der Waals surface area contributed by atoms with Crippen LogP contribution in [0.2, 0.25) is 0 Å². The fraction of sp³-hybridized carbons (Fsp3) is 0.346. The van der Waals surface area contributed by atoms with Gasteiger partial charge in [-0.3, -0.25) is 4.79 Å². The molecule has 42 heavy (non-hydrogen) atoms. The molecule has 1 amide bonds. The Morgan fingerprint density at radius 3 is 2.45 bits per heavy atom. The molecule has 0 spiro atoms. The lowest BCUT2D eigenvalue weighted by molar-refractivity contribution is -0.159. The van der Waals surface area contributed by atoms with Crippen LogP contribution < -0.4 is 15.5 Å². The van der Waals surface area contributed by atoms with Gasteiger partial charge in [0.15, 0.2) is 0 Å². The van der Waals surface area contributed by atoms with Crippen molar-refractivity contribution in [2.75, 3.05) is 22.9 Å². The van der Waals surface area contributed by atoms with Crippen LogP contribution >= 0.6 is 0 Å². The van der Waals surface area contributed by atoms with E-state index in [0.29, 0.717) is 24.7 Å². The first-order chi connectivity index (χ1) is 19.9. The average Bonchev–Trinajstić information content (AvgIpc) is 3.72. The van der Waals surface area contributed by atoms with Crippen molar-refractivity contribution in [1.29, 1.82) is 0 Å². The van der Waals surface area contributed by atoms with Crippen LogP contribution in [0, 0.1) is 5.82 Å². The van der Waals surface area contributed by atoms with Crippen LogP contribution in [0.4, 0.5) is 38.0 Å². The molecule has 1 fully saturated rings. The number of fused-ring (bicyclic) bond motifs is 1. The molecule has 0 radical (unpaired) electrons. The number of nitrogens with zero attached hydrogens (tertiary/aromatic N) is 6. The second-order valence-corrected chi connectivity index (χ2v) is 9.99. The van der Waals surface area contributed by atoms with E-state index in [1.165, 1.54) is 24.3 Å². The topological polar surface area (TPSA) is 127 Å². The summed E-state index contributed by atoms with van der Waals surface area (Å²) in [7, 11) is 0. The smallest absolute Gasteiger partial charge is 0.403 e. The van der Waals surface area contributed by atoms with Crippen molar-refractivity contribution in [2.24, 2.45) is 5.73 Å². The predicted octanol–water partition coefficient (Wildman–Crippen LogP) is 4.90. The quantitative estimate of drug-likeness (QED) is 0.322. The van der Waals surface area contributed by atoms with Gasteiger partial charge in [-0.2, -0.15) is 18.2 Å². The maximum Gasteiger partial charge on any atom is 0.471 e. The van der Waals surface area contributed by atoms with Crippen LogP contribution in [0.1, 0.15) is 36.3 Å². The van der Waals surface area contributed by atoms with E-state index in [1.807, 2.05) is 4.90 Å². The zero-order valence-electron chi connectivity index (χ0n) is 21.5. The molecule has 0 bridgehead atoms. The Kier molecular flexibility index (Phi) is 6.67. The lowest BCUT2D eigenvalue weighted by Crippen LogP contribution is -2.43. The van der Waals surface area contributed by atoms with Crippen LogP contribution in [-0.2, 0) is 23.4 Å². The van der Waals surface area contributed by atoms with E-state index < -0.39 is 47.7 Å². The van der Waals surface area contributed by atoms with Crippen molar-refractivity contribution in [1.82, 2.24) is 20.3 Å². The Labute approximate surface area is 233 Å². The fourth-order valence-electron chi connectivity index (χ4n) is 4.96. The third kappa shape index (κ3) is 5.06. The summed E-state index contributed by atoms with van der Waals surface area (Å²) in [5.41, 5.74) is 5.11. The second-order valence-electron chi connectivity index (χ2n) is 9.99. The number of carbonyl (C=O) groups is 1. The lowest BCUT2D eigenvalue weighted by Gasteiger charge is -2.25. The van der Waals surface area contributed by atoms with Gasteiger partial charge < -0.3 is 24.5 Å². The van der Waals surface area contributed by atoms with Crippen LogP contribution in [-0.4, -0.2) is 45.4 Å². The van der Waals surface area contributed by atoms with Crippen molar-refractivity contribution in [2.45, 2.75) is 43.9 Å². The summed E-state index contributed by atoms with van der Waals surface area (Å²) in [4.78, 5) is 19.4. The van der Waals surface area contributed by atoms with Crippen molar-refractivity contribution in [3.8, 4) is 22.8 Å². The summed E-state index contributed by atoms with van der Waals surface area (Å²) in [6.45, 7) is 1.08. The van der Waals surface area contributed by atoms with Crippen LogP contribution in [0.25, 0.3) is 22.8 Å². The number of anilines is 2. The summed E-state index contributed by atoms with van der Waals surface area (Å²) in [5, 5.41) is 11.2. The molecular formula is C26H21F6N7O3. The van der Waals surface area contributed by atoms with Gasteiger partial charge in [0.25, 0.3) is 11.8 Å². The zero-order chi connectivity index (χ0) is 29.8. The van der Waals surface area contributed by atoms with Gasteiger partial charge in [0.05, 0.1) is 23.8 Å². The van der Waals surface area contributed by atoms with E-state index >= 15 is 13.2 Å². The Hall–Kier alpha value is -4.47. The van der Waals surface area contributed by atoms with Gasteiger partial charge in [-0.1, -0.05) is 34.5 Å². The maximum atomic E-state index is 15.3. The molecule has 220 valence electrons. The number of rotatable bonds is 5. The molecule has 16 heteroatoms. The summed E-state index contributed by atoms with van der Waals surface area (Å²) < 4.78 is 94.1. The van der Waals surface area contributed by atoms with E-state index in [-0.39, 0.29) is 41.1 Å². The molecule has 0 saturated carbocycles. The van der Waals surface area contributed by atoms with Crippen molar-refractivity contribution in [3.63, 3.8) is 0 Å². The molecule has 1 atom stereocenters. The normalized spacial score (nSPS) is 18.8. The number of amides is 1. The Morgan fingerprint density at radius 2 is 1.79 bits per heavy atom. The van der Waals surface area contributed by atoms with E-state index in [1.54, 1.807) is 0 Å². The van der Waals surface area contributed by atoms with Gasteiger partial charge in [0, 0.05) is 30.6 Å². The first kappa shape index (κ1) is 27.7. The monoisotopic (exact) mass is 593 g/mol. The van der Waals surface area contributed by atoms with Gasteiger partial charge in [-0.05, 0) is 30.5 Å². The molecule has 2 aliphatic rings. The highest BCUT2D eigenvalue weighted by Gasteiger charge is 2.45. The molecule has 10 nitrogen and oxygen atoms in total. The van der Waals surface area contributed by atoms with Crippen molar-refractivity contribution >= 4 is 17.6 Å². The molecule has 0 unspecified atom stereocenters. The van der Waals surface area contributed by atoms with Gasteiger partial charge in [0.1, 0.15) is 5.82 Å². The highest BCUT2D eigenvalue weighted by molar-refractivity contribution is 5.99. The molecule has 6 rings (SSSR count). The first-order valence-electron chi connectivity index (χ1n) is 12.8. The average molecular weight is 593 g/mol. The van der Waals surface area contributed by atoms with Crippen LogP contribution in [0.5, 0.6) is 0 Å². The minimum absolute atomic E-state index is 0.168. The number of hydrogen-bond donors (Lipinski definition) is 1. The number of aromatic nitrogens is 4. The van der Waals surface area contributed by atoms with E-state index in [9.17, 15) is 18.0 Å². The van der Waals surface area contributed by atoms with E-state index in [0.717, 1.165) is 23.8 Å². The maximum absolute atomic E-state index is 15.3. The molecule has 4 aromatic rings. The summed E-state index contributed by atoms with van der Waals surface area (Å²) in [6, 6.07) is 5.92. The number of benzene rings is 2. The standard InChI is InChI=1S/C26H21F6N7O3/c27-17-10-16-19(9-15(17)21-35-36-24(41-21)38-7-1-2-8-38)39(22(40)18(33)11-25(16,28)29)12-13-3-5-14(6-4-13)20-34-23(42-37-20)26(30,31)32/h3-6,9-10,18H,1-2,7-8,11-12,33H2/t18-/m0/s1. The van der Waals surface area contributed by atoms with E-state index in [4.69, 9.17) is 10.2 Å². The van der Waals surface area contributed by atoms with Gasteiger partial charge in [-0.25, -0.2) is 13.2 Å². The van der Waals surface area contributed by atoms with Crippen LogP contribution in [0.15, 0.2) is 45.3 Å². The Bertz CT molecular complexity index is 1630. The predicted molar refractivity (Wildman–Crippen MR) is 134 cm³/mol.